The Morgan fingerprint density at radius 2 is 2.10 bits per heavy atom. The van der Waals surface area contributed by atoms with Crippen molar-refractivity contribution in [3.8, 4) is 0 Å². The molecule has 1 N–H and O–H groups in total. The number of carbonyl (C=O) groups excluding carboxylic acids is 2. The number of fused-ring (bicyclic) bond motifs is 1. The van der Waals surface area contributed by atoms with Crippen LogP contribution >= 0.6 is 11.3 Å². The van der Waals surface area contributed by atoms with Gasteiger partial charge in [-0.2, -0.15) is 5.10 Å². The monoisotopic (exact) mass is 408 g/mol. The summed E-state index contributed by atoms with van der Waals surface area (Å²) in [5.41, 5.74) is 4.53. The van der Waals surface area contributed by atoms with Gasteiger partial charge < -0.3 is 10.2 Å². The summed E-state index contributed by atoms with van der Waals surface area (Å²) in [7, 11) is 1.86. The van der Waals surface area contributed by atoms with Crippen molar-refractivity contribution in [3.05, 3.63) is 74.7 Å². The van der Waals surface area contributed by atoms with Gasteiger partial charge in [-0.3, -0.25) is 14.3 Å². The van der Waals surface area contributed by atoms with E-state index in [2.05, 4.69) is 16.5 Å². The first kappa shape index (κ1) is 19.4. The van der Waals surface area contributed by atoms with Crippen molar-refractivity contribution in [2.24, 2.45) is 7.05 Å². The van der Waals surface area contributed by atoms with Crippen LogP contribution < -0.4 is 5.32 Å². The lowest BCUT2D eigenvalue weighted by Gasteiger charge is -2.27. The van der Waals surface area contributed by atoms with E-state index in [1.807, 2.05) is 54.6 Å². The molecule has 0 unspecified atom stereocenters. The van der Waals surface area contributed by atoms with Crippen LogP contribution in [0.2, 0.25) is 0 Å². The number of thiophene rings is 1. The highest BCUT2D eigenvalue weighted by molar-refractivity contribution is 7.10. The molecule has 3 aromatic rings. The molecule has 0 radical (unpaired) electrons. The lowest BCUT2D eigenvalue weighted by Crippen LogP contribution is -2.37. The molecule has 0 saturated heterocycles. The maximum atomic E-state index is 12.8. The Bertz CT molecular complexity index is 1040. The highest BCUT2D eigenvalue weighted by atomic mass is 32.1. The Morgan fingerprint density at radius 3 is 2.86 bits per heavy atom. The van der Waals surface area contributed by atoms with Gasteiger partial charge in [0, 0.05) is 49.2 Å². The number of amides is 2. The van der Waals surface area contributed by atoms with Crippen LogP contribution in [0.1, 0.15) is 37.7 Å². The second-order valence-electron chi connectivity index (χ2n) is 7.39. The third-order valence-electron chi connectivity index (χ3n) is 5.25. The molecule has 0 saturated carbocycles. The Labute approximate surface area is 174 Å². The molecule has 150 valence electrons. The Morgan fingerprint density at radius 1 is 1.24 bits per heavy atom. The van der Waals surface area contributed by atoms with E-state index in [4.69, 9.17) is 0 Å². The average molecular weight is 409 g/mol. The van der Waals surface area contributed by atoms with Gasteiger partial charge >= 0.3 is 0 Å². The van der Waals surface area contributed by atoms with Crippen LogP contribution in [0.3, 0.4) is 0 Å². The van der Waals surface area contributed by atoms with E-state index in [1.54, 1.807) is 16.0 Å². The van der Waals surface area contributed by atoms with Crippen LogP contribution in [0, 0.1) is 6.92 Å². The van der Waals surface area contributed by atoms with Crippen molar-refractivity contribution in [3.63, 3.8) is 0 Å². The molecule has 0 atom stereocenters. The first-order valence-electron chi connectivity index (χ1n) is 9.70. The summed E-state index contributed by atoms with van der Waals surface area (Å²) in [6, 6.07) is 12.0. The molecular formula is C22H24N4O2S. The molecule has 0 aliphatic carbocycles. The smallest absolute Gasteiger partial charge is 0.272 e. The molecule has 29 heavy (non-hydrogen) atoms. The molecule has 6 nitrogen and oxygen atoms in total. The molecule has 0 bridgehead atoms. The second-order valence-corrected chi connectivity index (χ2v) is 8.42. The normalized spacial score (nSPS) is 13.2. The van der Waals surface area contributed by atoms with Crippen molar-refractivity contribution in [1.82, 2.24) is 20.0 Å². The minimum absolute atomic E-state index is 0.0908. The molecule has 4 rings (SSSR count). The van der Waals surface area contributed by atoms with Crippen LogP contribution in [0.25, 0.3) is 0 Å². The van der Waals surface area contributed by atoms with Crippen LogP contribution in [-0.2, 0) is 37.8 Å². The first-order valence-corrected chi connectivity index (χ1v) is 10.6. The van der Waals surface area contributed by atoms with Gasteiger partial charge in [0.2, 0.25) is 5.91 Å². The standard InChI is InChI=1S/C22H24N4O2S/c1-15-5-3-6-16(11-15)13-23-22(28)21-18-14-26(9-8-19(18)25(2)24-21)20(27)12-17-7-4-10-29-17/h3-7,10-11H,8-9,12-14H2,1-2H3,(H,23,28). The summed E-state index contributed by atoms with van der Waals surface area (Å²) in [4.78, 5) is 28.4. The zero-order chi connectivity index (χ0) is 20.4. The van der Waals surface area contributed by atoms with E-state index < -0.39 is 0 Å². The zero-order valence-corrected chi connectivity index (χ0v) is 17.5. The highest BCUT2D eigenvalue weighted by Crippen LogP contribution is 2.23. The number of nitrogens with zero attached hydrogens (tertiary/aromatic N) is 3. The predicted octanol–water partition coefficient (Wildman–Crippen LogP) is 2.85. The lowest BCUT2D eigenvalue weighted by atomic mass is 10.0. The molecule has 1 aromatic carbocycles. The average Bonchev–Trinajstić information content (AvgIpc) is 3.34. The van der Waals surface area contributed by atoms with E-state index in [-0.39, 0.29) is 11.8 Å². The molecule has 0 fully saturated rings. The van der Waals surface area contributed by atoms with Crippen molar-refractivity contribution >= 4 is 23.2 Å². The van der Waals surface area contributed by atoms with Crippen molar-refractivity contribution in [2.45, 2.75) is 32.9 Å². The van der Waals surface area contributed by atoms with Gasteiger partial charge in [0.1, 0.15) is 0 Å². The van der Waals surface area contributed by atoms with Gasteiger partial charge in [-0.25, -0.2) is 0 Å². The summed E-state index contributed by atoms with van der Waals surface area (Å²) in [6.45, 7) is 3.57. The number of benzene rings is 1. The quantitative estimate of drug-likeness (QED) is 0.706. The Hall–Kier alpha value is -2.93. The van der Waals surface area contributed by atoms with Crippen LogP contribution in [0.5, 0.6) is 0 Å². The van der Waals surface area contributed by atoms with Crippen molar-refractivity contribution < 1.29 is 9.59 Å². The van der Waals surface area contributed by atoms with Gasteiger partial charge in [-0.05, 0) is 23.9 Å². The van der Waals surface area contributed by atoms with Gasteiger partial charge in [0.15, 0.2) is 5.69 Å². The Balaban J connectivity index is 1.47. The molecule has 1 aliphatic rings. The van der Waals surface area contributed by atoms with E-state index >= 15 is 0 Å². The van der Waals surface area contributed by atoms with E-state index in [0.717, 1.165) is 27.3 Å². The first-order chi connectivity index (χ1) is 14.0. The molecule has 0 spiro atoms. The van der Waals surface area contributed by atoms with Crippen molar-refractivity contribution in [1.29, 1.82) is 0 Å². The van der Waals surface area contributed by atoms with Gasteiger partial charge in [0.25, 0.3) is 5.91 Å². The Kier molecular flexibility index (Phi) is 5.49. The fraction of sp³-hybridized carbons (Fsp3) is 0.318. The van der Waals surface area contributed by atoms with E-state index in [0.29, 0.717) is 38.2 Å². The number of nitrogens with one attached hydrogen (secondary N) is 1. The van der Waals surface area contributed by atoms with Gasteiger partial charge in [0.05, 0.1) is 6.42 Å². The maximum absolute atomic E-state index is 12.8. The maximum Gasteiger partial charge on any atom is 0.272 e. The fourth-order valence-electron chi connectivity index (χ4n) is 3.75. The van der Waals surface area contributed by atoms with E-state index in [9.17, 15) is 9.59 Å². The third kappa shape index (κ3) is 4.24. The largest absolute Gasteiger partial charge is 0.347 e. The molecular weight excluding hydrogens is 384 g/mol. The highest BCUT2D eigenvalue weighted by Gasteiger charge is 2.29. The lowest BCUT2D eigenvalue weighted by molar-refractivity contribution is -0.131. The van der Waals surface area contributed by atoms with Gasteiger partial charge in [-0.1, -0.05) is 35.9 Å². The zero-order valence-electron chi connectivity index (χ0n) is 16.6. The van der Waals surface area contributed by atoms with E-state index in [1.165, 1.54) is 0 Å². The minimum atomic E-state index is -0.198. The summed E-state index contributed by atoms with van der Waals surface area (Å²) in [5.74, 6) is -0.107. The number of hydrogen-bond acceptors (Lipinski definition) is 4. The SMILES string of the molecule is Cc1cccc(CNC(=O)c2nn(C)c3c2CN(C(=O)Cc2cccs2)CC3)c1. The van der Waals surface area contributed by atoms with Gasteiger partial charge in [-0.15, -0.1) is 11.3 Å². The molecule has 1 aliphatic heterocycles. The number of carbonyl (C=O) groups is 2. The molecule has 3 heterocycles. The molecule has 7 heteroatoms. The minimum Gasteiger partial charge on any atom is -0.347 e. The van der Waals surface area contributed by atoms with Crippen LogP contribution in [0.15, 0.2) is 41.8 Å². The summed E-state index contributed by atoms with van der Waals surface area (Å²) in [5, 5.41) is 9.41. The summed E-state index contributed by atoms with van der Waals surface area (Å²) < 4.78 is 1.78. The number of aryl methyl sites for hydroxylation is 2. The summed E-state index contributed by atoms with van der Waals surface area (Å²) in [6.07, 6.45) is 1.11. The third-order valence-corrected chi connectivity index (χ3v) is 6.13. The number of rotatable bonds is 5. The summed E-state index contributed by atoms with van der Waals surface area (Å²) >= 11 is 1.59. The fourth-order valence-corrected chi connectivity index (χ4v) is 4.45. The topological polar surface area (TPSA) is 67.2 Å². The van der Waals surface area contributed by atoms with Crippen LogP contribution in [-0.4, -0.2) is 33.0 Å². The predicted molar refractivity (Wildman–Crippen MR) is 113 cm³/mol. The molecule has 2 aromatic heterocycles. The van der Waals surface area contributed by atoms with Crippen molar-refractivity contribution in [2.75, 3.05) is 6.54 Å². The second kappa shape index (κ2) is 8.21. The van der Waals surface area contributed by atoms with Crippen LogP contribution in [0.4, 0.5) is 0 Å². The molecule has 2 amide bonds. The number of aromatic nitrogens is 2. The number of hydrogen-bond donors (Lipinski definition) is 1.